The summed E-state index contributed by atoms with van der Waals surface area (Å²) in [5, 5.41) is 3.35. The Labute approximate surface area is 203 Å². The van der Waals surface area contributed by atoms with Gasteiger partial charge in [0.1, 0.15) is 5.82 Å². The lowest BCUT2D eigenvalue weighted by Crippen LogP contribution is -2.42. The van der Waals surface area contributed by atoms with Gasteiger partial charge in [0.25, 0.3) is 10.0 Å². The number of halogens is 1. The van der Waals surface area contributed by atoms with E-state index in [1.54, 1.807) is 49.6 Å². The molecule has 174 valence electrons. The predicted molar refractivity (Wildman–Crippen MR) is 131 cm³/mol. The Bertz CT molecular complexity index is 1400. The van der Waals surface area contributed by atoms with Crippen LogP contribution in [0.25, 0.3) is 5.69 Å². The van der Waals surface area contributed by atoms with Crippen molar-refractivity contribution >= 4 is 27.7 Å². The number of carbonyl (C=O) groups excluding carboxylic acids is 1. The summed E-state index contributed by atoms with van der Waals surface area (Å²) in [6.45, 7) is 1.67. The van der Waals surface area contributed by atoms with Gasteiger partial charge >= 0.3 is 6.03 Å². The summed E-state index contributed by atoms with van der Waals surface area (Å²) in [6, 6.07) is 21.8. The van der Waals surface area contributed by atoms with Crippen LogP contribution in [0.5, 0.6) is 0 Å². The molecule has 0 radical (unpaired) electrons. The number of aryl methyl sites for hydroxylation is 1. The molecule has 0 aliphatic rings. The molecule has 2 N–H and O–H groups in total. The standard InChI is InChI=1S/C25H23ClN4O3S/c1-18-8-5-6-13-23(18)34(32,33)29-25(31)28-22(16-19-9-3-2-4-10-19)24-27-14-15-30(24)21-12-7-11-20(26)17-21/h2-15,17,22H,16H2,1H3,(H2,28,29,31). The molecule has 0 aliphatic heterocycles. The van der Waals surface area contributed by atoms with E-state index in [2.05, 4.69) is 15.0 Å². The molecule has 4 rings (SSSR count). The van der Waals surface area contributed by atoms with Gasteiger partial charge in [-0.05, 0) is 48.7 Å². The maximum Gasteiger partial charge on any atom is 0.329 e. The fraction of sp³-hybridized carbons (Fsp3) is 0.120. The summed E-state index contributed by atoms with van der Waals surface area (Å²) < 4.78 is 29.6. The first-order valence-corrected chi connectivity index (χ1v) is 12.4. The third-order valence-corrected chi connectivity index (χ3v) is 6.99. The van der Waals surface area contributed by atoms with Crippen LogP contribution in [0.3, 0.4) is 0 Å². The highest BCUT2D eigenvalue weighted by Crippen LogP contribution is 2.23. The third-order valence-electron chi connectivity index (χ3n) is 5.27. The van der Waals surface area contributed by atoms with Crippen LogP contribution < -0.4 is 10.0 Å². The van der Waals surface area contributed by atoms with Gasteiger partial charge in [-0.15, -0.1) is 0 Å². The number of benzene rings is 3. The molecule has 0 bridgehead atoms. The zero-order valence-electron chi connectivity index (χ0n) is 18.4. The molecule has 1 unspecified atom stereocenters. The SMILES string of the molecule is Cc1ccccc1S(=O)(=O)NC(=O)NC(Cc1ccccc1)c1nccn1-c1cccc(Cl)c1. The number of nitrogens with one attached hydrogen (secondary N) is 2. The summed E-state index contributed by atoms with van der Waals surface area (Å²) in [5.41, 5.74) is 2.27. The first-order valence-electron chi connectivity index (χ1n) is 10.6. The number of imidazole rings is 1. The van der Waals surface area contributed by atoms with E-state index in [4.69, 9.17) is 11.6 Å². The Kier molecular flexibility index (Phi) is 7.00. The molecule has 1 atom stereocenters. The Balaban J connectivity index is 1.64. The number of aromatic nitrogens is 2. The monoisotopic (exact) mass is 494 g/mol. The second-order valence-corrected chi connectivity index (χ2v) is 9.81. The minimum absolute atomic E-state index is 0.0465. The van der Waals surface area contributed by atoms with Gasteiger partial charge in [0.05, 0.1) is 10.9 Å². The highest BCUT2D eigenvalue weighted by Gasteiger charge is 2.25. The van der Waals surface area contributed by atoms with Gasteiger partial charge in [-0.1, -0.05) is 66.2 Å². The zero-order chi connectivity index (χ0) is 24.1. The van der Waals surface area contributed by atoms with Crippen LogP contribution >= 0.6 is 11.6 Å². The van der Waals surface area contributed by atoms with Gasteiger partial charge in [-0.2, -0.15) is 0 Å². The van der Waals surface area contributed by atoms with Crippen LogP contribution in [-0.2, 0) is 16.4 Å². The normalized spacial score (nSPS) is 12.2. The smallest absolute Gasteiger partial charge is 0.327 e. The number of hydrogen-bond donors (Lipinski definition) is 2. The number of nitrogens with zero attached hydrogens (tertiary/aromatic N) is 2. The van der Waals surface area contributed by atoms with E-state index in [0.717, 1.165) is 11.3 Å². The molecular weight excluding hydrogens is 472 g/mol. The first kappa shape index (κ1) is 23.5. The summed E-state index contributed by atoms with van der Waals surface area (Å²) in [7, 11) is -4.05. The average Bonchev–Trinajstić information content (AvgIpc) is 3.29. The Hall–Kier alpha value is -3.62. The molecule has 1 aromatic heterocycles. The van der Waals surface area contributed by atoms with Crippen molar-refractivity contribution in [2.75, 3.05) is 0 Å². The topological polar surface area (TPSA) is 93.1 Å². The number of urea groups is 1. The lowest BCUT2D eigenvalue weighted by molar-refractivity contribution is 0.241. The Morgan fingerprint density at radius 1 is 1.03 bits per heavy atom. The van der Waals surface area contributed by atoms with Crippen molar-refractivity contribution in [3.63, 3.8) is 0 Å². The third kappa shape index (κ3) is 5.47. The van der Waals surface area contributed by atoms with Crippen molar-refractivity contribution in [3.05, 3.63) is 113 Å². The number of hydrogen-bond acceptors (Lipinski definition) is 4. The van der Waals surface area contributed by atoms with Gasteiger partial charge in [0.15, 0.2) is 0 Å². The lowest BCUT2D eigenvalue weighted by atomic mass is 10.1. The Morgan fingerprint density at radius 3 is 2.50 bits per heavy atom. The van der Waals surface area contributed by atoms with Crippen molar-refractivity contribution in [2.45, 2.75) is 24.3 Å². The van der Waals surface area contributed by atoms with Crippen LogP contribution in [0.1, 0.15) is 23.0 Å². The van der Waals surface area contributed by atoms with E-state index in [9.17, 15) is 13.2 Å². The van der Waals surface area contributed by atoms with Crippen molar-refractivity contribution in [1.29, 1.82) is 0 Å². The predicted octanol–water partition coefficient (Wildman–Crippen LogP) is 4.81. The summed E-state index contributed by atoms with van der Waals surface area (Å²) in [5.74, 6) is 0.537. The van der Waals surface area contributed by atoms with E-state index in [0.29, 0.717) is 22.8 Å². The largest absolute Gasteiger partial charge is 0.329 e. The number of amides is 2. The molecule has 0 saturated heterocycles. The van der Waals surface area contributed by atoms with E-state index in [1.165, 1.54) is 6.07 Å². The Morgan fingerprint density at radius 2 is 1.76 bits per heavy atom. The van der Waals surface area contributed by atoms with Crippen molar-refractivity contribution in [2.24, 2.45) is 0 Å². The van der Waals surface area contributed by atoms with E-state index in [-0.39, 0.29) is 4.90 Å². The molecule has 9 heteroatoms. The maximum atomic E-state index is 12.9. The molecule has 34 heavy (non-hydrogen) atoms. The molecule has 4 aromatic rings. The minimum atomic E-state index is -4.05. The summed E-state index contributed by atoms with van der Waals surface area (Å²) in [6.07, 6.45) is 3.79. The zero-order valence-corrected chi connectivity index (χ0v) is 19.9. The highest BCUT2D eigenvalue weighted by molar-refractivity contribution is 7.90. The van der Waals surface area contributed by atoms with Gasteiger partial charge in [-0.25, -0.2) is 22.9 Å². The summed E-state index contributed by atoms with van der Waals surface area (Å²) in [4.78, 5) is 17.4. The molecule has 7 nitrogen and oxygen atoms in total. The fourth-order valence-corrected chi connectivity index (χ4v) is 5.04. The number of rotatable bonds is 7. The quantitative estimate of drug-likeness (QED) is 0.385. The van der Waals surface area contributed by atoms with Crippen molar-refractivity contribution in [1.82, 2.24) is 19.6 Å². The van der Waals surface area contributed by atoms with Crippen LogP contribution in [0.2, 0.25) is 5.02 Å². The average molecular weight is 495 g/mol. The molecule has 0 fully saturated rings. The van der Waals surface area contributed by atoms with E-state index < -0.39 is 22.1 Å². The van der Waals surface area contributed by atoms with Gasteiger partial charge < -0.3 is 9.88 Å². The molecule has 0 aliphatic carbocycles. The molecule has 3 aromatic carbocycles. The first-order chi connectivity index (χ1) is 16.3. The van der Waals surface area contributed by atoms with Crippen LogP contribution in [0.4, 0.5) is 4.79 Å². The van der Waals surface area contributed by atoms with E-state index in [1.807, 2.05) is 47.0 Å². The molecule has 0 saturated carbocycles. The molecule has 1 heterocycles. The van der Waals surface area contributed by atoms with Crippen LogP contribution in [0.15, 0.2) is 96.2 Å². The van der Waals surface area contributed by atoms with Gasteiger partial charge in [0.2, 0.25) is 0 Å². The van der Waals surface area contributed by atoms with Crippen LogP contribution in [0, 0.1) is 6.92 Å². The second kappa shape index (κ2) is 10.1. The van der Waals surface area contributed by atoms with Crippen molar-refractivity contribution in [3.8, 4) is 5.69 Å². The van der Waals surface area contributed by atoms with Crippen LogP contribution in [-0.4, -0.2) is 24.0 Å². The fourth-order valence-electron chi connectivity index (χ4n) is 3.70. The molecular formula is C25H23ClN4O3S. The van der Waals surface area contributed by atoms with Gasteiger partial charge in [0, 0.05) is 23.1 Å². The summed E-state index contributed by atoms with van der Waals surface area (Å²) >= 11 is 6.17. The molecule has 0 spiro atoms. The lowest BCUT2D eigenvalue weighted by Gasteiger charge is -2.21. The van der Waals surface area contributed by atoms with E-state index >= 15 is 0 Å². The van der Waals surface area contributed by atoms with Gasteiger partial charge in [-0.3, -0.25) is 0 Å². The second-order valence-electron chi connectivity index (χ2n) is 7.72. The molecule has 2 amide bonds. The minimum Gasteiger partial charge on any atom is -0.327 e. The van der Waals surface area contributed by atoms with Crippen molar-refractivity contribution < 1.29 is 13.2 Å². The maximum absolute atomic E-state index is 12.9. The number of sulfonamides is 1. The number of carbonyl (C=O) groups is 1. The highest BCUT2D eigenvalue weighted by atomic mass is 35.5.